The number of rotatable bonds is 6. The Hall–Kier alpha value is -0.660. The van der Waals surface area contributed by atoms with Gasteiger partial charge in [0.1, 0.15) is 11.6 Å². The fourth-order valence-electron chi connectivity index (χ4n) is 2.80. The highest BCUT2D eigenvalue weighted by Crippen LogP contribution is 2.44. The van der Waals surface area contributed by atoms with Crippen molar-refractivity contribution in [2.45, 2.75) is 44.8 Å². The minimum absolute atomic E-state index is 0.210. The zero-order chi connectivity index (χ0) is 15.1. The minimum Gasteiger partial charge on any atom is -0.386 e. The van der Waals surface area contributed by atoms with Gasteiger partial charge in [0.25, 0.3) is 0 Å². The molecule has 1 amide bonds. The van der Waals surface area contributed by atoms with Gasteiger partial charge in [0.05, 0.1) is 19.3 Å². The summed E-state index contributed by atoms with van der Waals surface area (Å²) in [5.74, 6) is 0.300. The molecule has 2 N–H and O–H groups in total. The lowest BCUT2D eigenvalue weighted by Gasteiger charge is -2.48. The molecule has 1 saturated heterocycles. The van der Waals surface area contributed by atoms with Crippen molar-refractivity contribution in [3.8, 4) is 0 Å². The maximum absolute atomic E-state index is 12.4. The molecule has 0 spiro atoms. The van der Waals surface area contributed by atoms with Crippen LogP contribution in [0.25, 0.3) is 0 Å². The first kappa shape index (κ1) is 15.7. The molecule has 1 saturated carbocycles. The van der Waals surface area contributed by atoms with Crippen LogP contribution in [0.3, 0.4) is 0 Å². The Morgan fingerprint density at radius 2 is 1.95 bits per heavy atom. The van der Waals surface area contributed by atoms with Crippen molar-refractivity contribution >= 4 is 15.9 Å². The quantitative estimate of drug-likeness (QED) is 0.719. The Morgan fingerprint density at radius 1 is 1.40 bits per heavy atom. The summed E-state index contributed by atoms with van der Waals surface area (Å²) in [7, 11) is -3.42. The van der Waals surface area contributed by atoms with E-state index in [0.29, 0.717) is 25.4 Å². The highest BCUT2D eigenvalue weighted by atomic mass is 32.2. The summed E-state index contributed by atoms with van der Waals surface area (Å²) in [5, 5.41) is 10.2. The van der Waals surface area contributed by atoms with E-state index < -0.39 is 21.7 Å². The number of sulfonamides is 1. The van der Waals surface area contributed by atoms with Gasteiger partial charge in [0.2, 0.25) is 15.9 Å². The smallest absolute Gasteiger partial charge is 0.240 e. The number of carbonyl (C=O) groups is 1. The topological polar surface area (TPSA) is 86.7 Å². The Bertz CT molecular complexity index is 479. The van der Waals surface area contributed by atoms with Crippen molar-refractivity contribution in [1.29, 1.82) is 0 Å². The number of likely N-dealkylation sites (tertiary alicyclic amines) is 1. The fourth-order valence-corrected chi connectivity index (χ4v) is 3.51. The fraction of sp³-hybridized carbons (Fsp3) is 0.923. The van der Waals surface area contributed by atoms with Crippen LogP contribution < -0.4 is 4.72 Å². The van der Waals surface area contributed by atoms with Crippen molar-refractivity contribution in [3.63, 3.8) is 0 Å². The second-order valence-corrected chi connectivity index (χ2v) is 8.42. The predicted molar refractivity (Wildman–Crippen MR) is 75.5 cm³/mol. The summed E-state index contributed by atoms with van der Waals surface area (Å²) in [5.41, 5.74) is -0.733. The molecule has 1 aliphatic carbocycles. The van der Waals surface area contributed by atoms with E-state index in [1.54, 1.807) is 4.90 Å². The van der Waals surface area contributed by atoms with Crippen LogP contribution in [0.5, 0.6) is 0 Å². The number of nitrogens with one attached hydrogen (secondary N) is 1. The highest BCUT2D eigenvalue weighted by molar-refractivity contribution is 7.88. The van der Waals surface area contributed by atoms with Crippen molar-refractivity contribution in [3.05, 3.63) is 0 Å². The van der Waals surface area contributed by atoms with Gasteiger partial charge in [-0.3, -0.25) is 4.79 Å². The molecule has 2 rings (SSSR count). The molecule has 7 heteroatoms. The molecule has 0 radical (unpaired) electrons. The number of amides is 1. The molecule has 1 atom stereocenters. The third-order valence-corrected chi connectivity index (χ3v) is 4.65. The van der Waals surface area contributed by atoms with E-state index in [1.807, 2.05) is 13.8 Å². The largest absolute Gasteiger partial charge is 0.386 e. The standard InChI is InChI=1S/C13H24N2O4S/c1-9(2)6-11(14-20(3,18)19)12(16)15-7-13(17,8-15)10-4-5-10/h9-11,14,17H,4-8H2,1-3H3. The average Bonchev–Trinajstić information content (AvgIpc) is 3.03. The maximum atomic E-state index is 12.4. The molecule has 1 unspecified atom stereocenters. The van der Waals surface area contributed by atoms with E-state index in [2.05, 4.69) is 4.72 Å². The van der Waals surface area contributed by atoms with Crippen LogP contribution >= 0.6 is 0 Å². The molecule has 2 fully saturated rings. The van der Waals surface area contributed by atoms with Crippen molar-refractivity contribution in [2.75, 3.05) is 19.3 Å². The average molecular weight is 304 g/mol. The normalized spacial score (nSPS) is 23.6. The summed E-state index contributed by atoms with van der Waals surface area (Å²) >= 11 is 0. The van der Waals surface area contributed by atoms with Crippen LogP contribution in [0.2, 0.25) is 0 Å². The molecule has 0 bridgehead atoms. The van der Waals surface area contributed by atoms with Gasteiger partial charge >= 0.3 is 0 Å². The molecular formula is C13H24N2O4S. The van der Waals surface area contributed by atoms with E-state index in [4.69, 9.17) is 0 Å². The van der Waals surface area contributed by atoms with E-state index in [-0.39, 0.29) is 11.8 Å². The molecule has 6 nitrogen and oxygen atoms in total. The van der Waals surface area contributed by atoms with Gasteiger partial charge in [-0.2, -0.15) is 0 Å². The molecule has 0 aromatic carbocycles. The van der Waals surface area contributed by atoms with Gasteiger partial charge in [-0.25, -0.2) is 13.1 Å². The van der Waals surface area contributed by atoms with Gasteiger partial charge in [-0.15, -0.1) is 0 Å². The van der Waals surface area contributed by atoms with Crippen LogP contribution in [0, 0.1) is 11.8 Å². The van der Waals surface area contributed by atoms with Gasteiger partial charge in [0.15, 0.2) is 0 Å². The molecule has 1 heterocycles. The van der Waals surface area contributed by atoms with Gasteiger partial charge in [-0.1, -0.05) is 13.8 Å². The zero-order valence-electron chi connectivity index (χ0n) is 12.3. The number of carbonyl (C=O) groups excluding carboxylic acids is 1. The van der Waals surface area contributed by atoms with Crippen molar-refractivity contribution in [2.24, 2.45) is 11.8 Å². The summed E-state index contributed by atoms with van der Waals surface area (Å²) in [6.45, 7) is 4.55. The number of hydrogen-bond donors (Lipinski definition) is 2. The number of aliphatic hydroxyl groups is 1. The molecule has 1 aliphatic heterocycles. The summed E-state index contributed by atoms with van der Waals surface area (Å²) in [6, 6.07) is -0.728. The van der Waals surface area contributed by atoms with Crippen LogP contribution in [-0.2, 0) is 14.8 Å². The minimum atomic E-state index is -3.42. The van der Waals surface area contributed by atoms with E-state index >= 15 is 0 Å². The Labute approximate surface area is 120 Å². The molecule has 0 aromatic rings. The maximum Gasteiger partial charge on any atom is 0.240 e. The van der Waals surface area contributed by atoms with Gasteiger partial charge in [0, 0.05) is 0 Å². The lowest BCUT2D eigenvalue weighted by Crippen LogP contribution is -2.67. The molecule has 20 heavy (non-hydrogen) atoms. The number of nitrogens with zero attached hydrogens (tertiary/aromatic N) is 1. The van der Waals surface area contributed by atoms with Crippen molar-refractivity contribution < 1.29 is 18.3 Å². The Balaban J connectivity index is 1.96. The zero-order valence-corrected chi connectivity index (χ0v) is 13.1. The molecule has 2 aliphatic rings. The van der Waals surface area contributed by atoms with E-state index in [0.717, 1.165) is 19.1 Å². The van der Waals surface area contributed by atoms with Gasteiger partial charge < -0.3 is 10.0 Å². The Kier molecular flexibility index (Phi) is 4.15. The lowest BCUT2D eigenvalue weighted by atomic mass is 9.87. The van der Waals surface area contributed by atoms with Crippen LogP contribution in [0.4, 0.5) is 0 Å². The summed E-state index contributed by atoms with van der Waals surface area (Å²) in [6.07, 6.45) is 3.57. The SMILES string of the molecule is CC(C)CC(NS(C)(=O)=O)C(=O)N1CC(O)(C2CC2)C1. The molecule has 116 valence electrons. The second kappa shape index (κ2) is 5.27. The number of β-amino-alcohol motifs (C(OH)–C–C–N with tert-alkyl or cyclic N) is 1. The first-order valence-electron chi connectivity index (χ1n) is 7.09. The highest BCUT2D eigenvalue weighted by Gasteiger charge is 2.53. The van der Waals surface area contributed by atoms with Crippen LogP contribution in [0.1, 0.15) is 33.1 Å². The van der Waals surface area contributed by atoms with E-state index in [9.17, 15) is 18.3 Å². The third-order valence-electron chi connectivity index (χ3n) is 3.94. The van der Waals surface area contributed by atoms with E-state index in [1.165, 1.54) is 0 Å². The monoisotopic (exact) mass is 304 g/mol. The first-order chi connectivity index (χ1) is 9.11. The lowest BCUT2D eigenvalue weighted by molar-refractivity contribution is -0.161. The second-order valence-electron chi connectivity index (χ2n) is 6.64. The van der Waals surface area contributed by atoms with Crippen LogP contribution in [0.15, 0.2) is 0 Å². The van der Waals surface area contributed by atoms with Crippen LogP contribution in [-0.4, -0.2) is 55.3 Å². The first-order valence-corrected chi connectivity index (χ1v) is 8.98. The summed E-state index contributed by atoms with van der Waals surface area (Å²) < 4.78 is 25.1. The van der Waals surface area contributed by atoms with Crippen molar-refractivity contribution in [1.82, 2.24) is 9.62 Å². The Morgan fingerprint density at radius 3 is 2.35 bits per heavy atom. The predicted octanol–water partition coefficient (Wildman–Crippen LogP) is -0.0664. The molecule has 0 aromatic heterocycles. The summed E-state index contributed by atoms with van der Waals surface area (Å²) in [4.78, 5) is 13.9. The van der Waals surface area contributed by atoms with Gasteiger partial charge in [-0.05, 0) is 31.1 Å². The number of hydrogen-bond acceptors (Lipinski definition) is 4. The third kappa shape index (κ3) is 3.71. The molecular weight excluding hydrogens is 280 g/mol.